The summed E-state index contributed by atoms with van der Waals surface area (Å²) in [7, 11) is 0. The number of esters is 1. The molecule has 2 unspecified atom stereocenters. The number of carbonyl (C=O) groups is 1. The Morgan fingerprint density at radius 2 is 1.92 bits per heavy atom. The number of benzene rings is 1. The topological polar surface area (TPSA) is 55.8 Å². The van der Waals surface area contributed by atoms with Gasteiger partial charge in [0, 0.05) is 18.4 Å². The van der Waals surface area contributed by atoms with E-state index in [1.54, 1.807) is 0 Å². The maximum absolute atomic E-state index is 11.3. The van der Waals surface area contributed by atoms with E-state index in [-0.39, 0.29) is 11.6 Å². The summed E-state index contributed by atoms with van der Waals surface area (Å²) in [6.45, 7) is 6.46. The highest BCUT2D eigenvalue weighted by atomic mass is 16.5. The molecule has 1 aliphatic rings. The minimum absolute atomic E-state index is 0.0797. The molecule has 0 radical (unpaired) electrons. The Morgan fingerprint density at radius 3 is 2.65 bits per heavy atom. The average Bonchev–Trinajstić information content (AvgIpc) is 2.58. The predicted octanol–water partition coefficient (Wildman–Crippen LogP) is 5.25. The number of carbonyl (C=O) groups excluding carboxylic acids is 1. The lowest BCUT2D eigenvalue weighted by Gasteiger charge is -2.38. The quantitative estimate of drug-likeness (QED) is 0.456. The maximum atomic E-state index is 11.3. The molecule has 4 heteroatoms. The van der Waals surface area contributed by atoms with E-state index >= 15 is 0 Å². The zero-order valence-corrected chi connectivity index (χ0v) is 16.6. The molecule has 0 aliphatic carbocycles. The van der Waals surface area contributed by atoms with Crippen LogP contribution in [0.2, 0.25) is 0 Å². The first-order valence-electron chi connectivity index (χ1n) is 10.1. The van der Waals surface area contributed by atoms with Crippen molar-refractivity contribution in [3.8, 4) is 5.75 Å². The van der Waals surface area contributed by atoms with E-state index in [0.29, 0.717) is 19.4 Å². The minimum atomic E-state index is -0.438. The van der Waals surface area contributed by atoms with Crippen molar-refractivity contribution < 1.29 is 19.4 Å². The van der Waals surface area contributed by atoms with Gasteiger partial charge in [-0.25, -0.2) is 0 Å². The van der Waals surface area contributed by atoms with E-state index in [9.17, 15) is 9.90 Å². The Hall–Kier alpha value is -1.55. The van der Waals surface area contributed by atoms with Gasteiger partial charge in [0.25, 0.3) is 0 Å². The smallest absolute Gasteiger partial charge is 0.305 e. The van der Waals surface area contributed by atoms with Gasteiger partial charge < -0.3 is 14.6 Å². The van der Waals surface area contributed by atoms with Gasteiger partial charge in [0.05, 0.1) is 12.7 Å². The Labute approximate surface area is 157 Å². The molecule has 1 aromatic carbocycles. The summed E-state index contributed by atoms with van der Waals surface area (Å²) in [5.74, 6) is 0.750. The van der Waals surface area contributed by atoms with Crippen LogP contribution in [0.15, 0.2) is 18.2 Å². The number of unbranched alkanes of at least 4 members (excludes halogenated alkanes) is 5. The van der Waals surface area contributed by atoms with E-state index in [4.69, 9.17) is 9.47 Å². The van der Waals surface area contributed by atoms with Crippen molar-refractivity contribution in [1.82, 2.24) is 0 Å². The molecule has 0 amide bonds. The number of aryl methyl sites for hydroxylation is 1. The van der Waals surface area contributed by atoms with Crippen molar-refractivity contribution in [2.24, 2.45) is 0 Å². The molecule has 0 saturated carbocycles. The summed E-state index contributed by atoms with van der Waals surface area (Å²) in [5, 5.41) is 10.5. The Kier molecular flexibility index (Phi) is 7.95. The maximum Gasteiger partial charge on any atom is 0.305 e. The van der Waals surface area contributed by atoms with E-state index in [1.165, 1.54) is 6.42 Å². The highest BCUT2D eigenvalue weighted by molar-refractivity contribution is 5.69. The molecule has 0 saturated heterocycles. The van der Waals surface area contributed by atoms with E-state index in [0.717, 1.165) is 55.4 Å². The molecule has 146 valence electrons. The summed E-state index contributed by atoms with van der Waals surface area (Å²) in [4.78, 5) is 11.3. The van der Waals surface area contributed by atoms with Crippen LogP contribution in [0.3, 0.4) is 0 Å². The van der Waals surface area contributed by atoms with E-state index < -0.39 is 6.10 Å². The molecule has 1 aromatic rings. The Balaban J connectivity index is 1.64. The molecule has 1 heterocycles. The summed E-state index contributed by atoms with van der Waals surface area (Å²) in [6, 6.07) is 6.04. The minimum Gasteiger partial charge on any atom is -0.487 e. The first kappa shape index (κ1) is 20.8. The molecular formula is C22H34O4. The lowest BCUT2D eigenvalue weighted by Crippen LogP contribution is -2.38. The monoisotopic (exact) mass is 362 g/mol. The van der Waals surface area contributed by atoms with Crippen LogP contribution < -0.4 is 4.74 Å². The molecular weight excluding hydrogens is 328 g/mol. The molecule has 2 atom stereocenters. The fraction of sp³-hybridized carbons (Fsp3) is 0.682. The van der Waals surface area contributed by atoms with Gasteiger partial charge in [0.15, 0.2) is 0 Å². The van der Waals surface area contributed by atoms with Crippen LogP contribution in [0.4, 0.5) is 0 Å². The van der Waals surface area contributed by atoms with Crippen LogP contribution in [0.25, 0.3) is 0 Å². The fourth-order valence-corrected chi connectivity index (χ4v) is 3.71. The third-order valence-electron chi connectivity index (χ3n) is 5.15. The Morgan fingerprint density at radius 1 is 1.23 bits per heavy atom. The molecule has 2 rings (SSSR count). The van der Waals surface area contributed by atoms with Gasteiger partial charge in [0.1, 0.15) is 11.4 Å². The SMILES string of the molecule is CCOC(=O)CCCCCCCCC1(C)CC(O)c2cc(C)ccc2O1. The zero-order valence-electron chi connectivity index (χ0n) is 16.6. The van der Waals surface area contributed by atoms with Crippen molar-refractivity contribution >= 4 is 5.97 Å². The summed E-state index contributed by atoms with van der Waals surface area (Å²) in [5.41, 5.74) is 1.79. The van der Waals surface area contributed by atoms with Crippen molar-refractivity contribution in [3.05, 3.63) is 29.3 Å². The van der Waals surface area contributed by atoms with Gasteiger partial charge in [-0.2, -0.15) is 0 Å². The normalized spacial score (nSPS) is 21.8. The lowest BCUT2D eigenvalue weighted by molar-refractivity contribution is -0.143. The summed E-state index contributed by atoms with van der Waals surface area (Å²) in [6.07, 6.45) is 8.31. The number of rotatable bonds is 10. The second kappa shape index (κ2) is 9.96. The van der Waals surface area contributed by atoms with Crippen LogP contribution in [0, 0.1) is 6.92 Å². The number of fused-ring (bicyclic) bond motifs is 1. The van der Waals surface area contributed by atoms with Crippen molar-refractivity contribution in [1.29, 1.82) is 0 Å². The van der Waals surface area contributed by atoms with Gasteiger partial charge in [-0.1, -0.05) is 37.3 Å². The standard InChI is InChI=1S/C22H34O4/c1-4-25-21(24)11-9-7-5-6-8-10-14-22(3)16-19(23)18-15-17(2)12-13-20(18)26-22/h12-13,15,19,23H,4-11,14,16H2,1-3H3. The molecule has 26 heavy (non-hydrogen) atoms. The van der Waals surface area contributed by atoms with Crippen molar-refractivity contribution in [2.45, 2.75) is 90.3 Å². The number of aliphatic hydroxyl groups is 1. The van der Waals surface area contributed by atoms with Crippen molar-refractivity contribution in [2.75, 3.05) is 6.61 Å². The van der Waals surface area contributed by atoms with E-state index in [1.807, 2.05) is 32.0 Å². The van der Waals surface area contributed by atoms with Crippen LogP contribution >= 0.6 is 0 Å². The fourth-order valence-electron chi connectivity index (χ4n) is 3.71. The van der Waals surface area contributed by atoms with Gasteiger partial charge in [-0.15, -0.1) is 0 Å². The van der Waals surface area contributed by atoms with Crippen LogP contribution in [0.1, 0.15) is 88.9 Å². The molecule has 0 bridgehead atoms. The third kappa shape index (κ3) is 6.31. The Bertz CT molecular complexity index is 584. The van der Waals surface area contributed by atoms with Crippen molar-refractivity contribution in [3.63, 3.8) is 0 Å². The number of hydrogen-bond acceptors (Lipinski definition) is 4. The molecule has 4 nitrogen and oxygen atoms in total. The van der Waals surface area contributed by atoms with Gasteiger partial charge >= 0.3 is 5.97 Å². The molecule has 0 spiro atoms. The highest BCUT2D eigenvalue weighted by Crippen LogP contribution is 2.42. The second-order valence-corrected chi connectivity index (χ2v) is 7.74. The van der Waals surface area contributed by atoms with Crippen LogP contribution in [0.5, 0.6) is 5.75 Å². The first-order valence-corrected chi connectivity index (χ1v) is 10.1. The highest BCUT2D eigenvalue weighted by Gasteiger charge is 2.36. The molecule has 1 aliphatic heterocycles. The number of hydrogen-bond donors (Lipinski definition) is 1. The van der Waals surface area contributed by atoms with E-state index in [2.05, 4.69) is 6.92 Å². The van der Waals surface area contributed by atoms with Crippen LogP contribution in [-0.2, 0) is 9.53 Å². The lowest BCUT2D eigenvalue weighted by atomic mass is 9.86. The zero-order chi connectivity index (χ0) is 19.0. The second-order valence-electron chi connectivity index (χ2n) is 7.74. The van der Waals surface area contributed by atoms with Gasteiger partial charge in [-0.3, -0.25) is 4.79 Å². The largest absolute Gasteiger partial charge is 0.487 e. The third-order valence-corrected chi connectivity index (χ3v) is 5.15. The summed E-state index contributed by atoms with van der Waals surface area (Å²) < 4.78 is 11.2. The number of aliphatic hydroxyl groups excluding tert-OH is 1. The van der Waals surface area contributed by atoms with Crippen LogP contribution in [-0.4, -0.2) is 23.3 Å². The average molecular weight is 363 g/mol. The predicted molar refractivity (Wildman–Crippen MR) is 103 cm³/mol. The molecule has 1 N–H and O–H groups in total. The molecule has 0 aromatic heterocycles. The van der Waals surface area contributed by atoms with Gasteiger partial charge in [0.2, 0.25) is 0 Å². The number of ether oxygens (including phenoxy) is 2. The molecule has 0 fully saturated rings. The van der Waals surface area contributed by atoms with Gasteiger partial charge in [-0.05, 0) is 52.2 Å². The summed E-state index contributed by atoms with van der Waals surface area (Å²) >= 11 is 0. The first-order chi connectivity index (χ1) is 12.4.